The minimum atomic E-state index is -0.542. The highest BCUT2D eigenvalue weighted by molar-refractivity contribution is 5.78. The maximum atomic E-state index is 12.4. The Morgan fingerprint density at radius 3 is 2.30 bits per heavy atom. The monoisotopic (exact) mass is 416 g/mol. The van der Waals surface area contributed by atoms with Gasteiger partial charge < -0.3 is 19.5 Å². The largest absolute Gasteiger partial charge is 0.496 e. The first-order valence-electron chi connectivity index (χ1n) is 9.60. The summed E-state index contributed by atoms with van der Waals surface area (Å²) in [5.41, 5.74) is 2.93. The lowest BCUT2D eigenvalue weighted by molar-refractivity contribution is -0.385. The van der Waals surface area contributed by atoms with E-state index in [1.54, 1.807) is 7.11 Å². The Morgan fingerprint density at radius 2 is 1.73 bits per heavy atom. The molecule has 0 saturated carbocycles. The Bertz CT molecular complexity index is 926. The van der Waals surface area contributed by atoms with Gasteiger partial charge >= 0.3 is 5.69 Å². The van der Waals surface area contributed by atoms with Crippen LogP contribution in [0.25, 0.3) is 0 Å². The molecule has 2 rings (SSSR count). The van der Waals surface area contributed by atoms with Gasteiger partial charge in [-0.05, 0) is 54.7 Å². The lowest BCUT2D eigenvalue weighted by Crippen LogP contribution is -2.31. The average molecular weight is 416 g/mol. The van der Waals surface area contributed by atoms with Crippen molar-refractivity contribution in [1.82, 2.24) is 5.32 Å². The molecule has 1 amide bonds. The van der Waals surface area contributed by atoms with Crippen LogP contribution in [0.1, 0.15) is 49.4 Å². The fraction of sp³-hybridized carbons (Fsp3) is 0.409. The molecule has 162 valence electrons. The van der Waals surface area contributed by atoms with Gasteiger partial charge in [-0.25, -0.2) is 0 Å². The molecule has 8 nitrogen and oxygen atoms in total. The number of carbonyl (C=O) groups excluding carboxylic acids is 1. The number of nitrogens with zero attached hydrogens (tertiary/aromatic N) is 1. The van der Waals surface area contributed by atoms with Crippen LogP contribution < -0.4 is 19.5 Å². The Kier molecular flexibility index (Phi) is 7.63. The highest BCUT2D eigenvalue weighted by atomic mass is 16.6. The summed E-state index contributed by atoms with van der Waals surface area (Å²) in [6.45, 7) is 7.84. The summed E-state index contributed by atoms with van der Waals surface area (Å²) < 4.78 is 16.0. The number of rotatable bonds is 9. The van der Waals surface area contributed by atoms with Crippen molar-refractivity contribution in [1.29, 1.82) is 0 Å². The van der Waals surface area contributed by atoms with Crippen molar-refractivity contribution < 1.29 is 23.9 Å². The number of nitro groups is 1. The first-order valence-corrected chi connectivity index (χ1v) is 9.60. The normalized spacial score (nSPS) is 11.7. The Hall–Kier alpha value is -3.29. The van der Waals surface area contributed by atoms with Gasteiger partial charge in [-0.2, -0.15) is 0 Å². The minimum Gasteiger partial charge on any atom is -0.496 e. The van der Waals surface area contributed by atoms with Crippen LogP contribution in [0.2, 0.25) is 0 Å². The highest BCUT2D eigenvalue weighted by Gasteiger charge is 2.18. The zero-order valence-electron chi connectivity index (χ0n) is 18.1. The summed E-state index contributed by atoms with van der Waals surface area (Å²) in [7, 11) is 2.99. The number of methoxy groups -OCH3 is 2. The second kappa shape index (κ2) is 9.96. The zero-order chi connectivity index (χ0) is 22.4. The van der Waals surface area contributed by atoms with E-state index in [0.29, 0.717) is 5.75 Å². The van der Waals surface area contributed by atoms with E-state index in [4.69, 9.17) is 14.2 Å². The molecular formula is C22H28N2O6. The van der Waals surface area contributed by atoms with Crippen molar-refractivity contribution >= 4 is 11.6 Å². The molecule has 0 radical (unpaired) electrons. The quantitative estimate of drug-likeness (QED) is 0.483. The van der Waals surface area contributed by atoms with Crippen LogP contribution in [0.3, 0.4) is 0 Å². The van der Waals surface area contributed by atoms with Gasteiger partial charge in [-0.15, -0.1) is 0 Å². The molecule has 30 heavy (non-hydrogen) atoms. The van der Waals surface area contributed by atoms with Crippen molar-refractivity contribution in [2.45, 2.75) is 39.7 Å². The number of carbonyl (C=O) groups is 1. The number of amides is 1. The van der Waals surface area contributed by atoms with E-state index in [0.717, 1.165) is 22.4 Å². The van der Waals surface area contributed by atoms with Crippen LogP contribution in [-0.2, 0) is 4.79 Å². The van der Waals surface area contributed by atoms with Crippen LogP contribution in [-0.4, -0.2) is 31.7 Å². The fourth-order valence-corrected chi connectivity index (χ4v) is 3.22. The molecule has 0 aliphatic carbocycles. The number of benzene rings is 2. The van der Waals surface area contributed by atoms with Gasteiger partial charge in [0.25, 0.3) is 5.91 Å². The molecule has 0 saturated heterocycles. The second-order valence-corrected chi connectivity index (χ2v) is 7.27. The predicted molar refractivity (Wildman–Crippen MR) is 114 cm³/mol. The molecule has 0 aliphatic heterocycles. The summed E-state index contributed by atoms with van der Waals surface area (Å²) >= 11 is 0. The first kappa shape index (κ1) is 23.0. The lowest BCUT2D eigenvalue weighted by Gasteiger charge is -2.21. The number of nitro benzene ring substituents is 1. The minimum absolute atomic E-state index is 0.0707. The lowest BCUT2D eigenvalue weighted by atomic mass is 9.93. The number of ether oxygens (including phenoxy) is 3. The van der Waals surface area contributed by atoms with Crippen LogP contribution in [0.15, 0.2) is 30.3 Å². The third kappa shape index (κ3) is 5.40. The third-order valence-electron chi connectivity index (χ3n) is 4.80. The summed E-state index contributed by atoms with van der Waals surface area (Å²) in [5, 5.41) is 13.9. The molecule has 0 aliphatic rings. The molecule has 1 N–H and O–H groups in total. The van der Waals surface area contributed by atoms with Gasteiger partial charge in [0.1, 0.15) is 11.5 Å². The number of hydrogen-bond donors (Lipinski definition) is 1. The molecule has 8 heteroatoms. The van der Waals surface area contributed by atoms with E-state index in [1.165, 1.54) is 25.3 Å². The second-order valence-electron chi connectivity index (χ2n) is 7.27. The molecule has 0 aromatic heterocycles. The van der Waals surface area contributed by atoms with Gasteiger partial charge in [-0.1, -0.05) is 13.8 Å². The summed E-state index contributed by atoms with van der Waals surface area (Å²) in [6.07, 6.45) is 0. The van der Waals surface area contributed by atoms with E-state index in [2.05, 4.69) is 25.2 Å². The van der Waals surface area contributed by atoms with E-state index < -0.39 is 4.92 Å². The van der Waals surface area contributed by atoms with Crippen LogP contribution in [0.4, 0.5) is 5.69 Å². The number of nitrogens with one attached hydrogen (secondary N) is 1. The smallest absolute Gasteiger partial charge is 0.311 e. The van der Waals surface area contributed by atoms with E-state index in [-0.39, 0.29) is 35.9 Å². The predicted octanol–water partition coefficient (Wildman–Crippen LogP) is 4.30. The van der Waals surface area contributed by atoms with Crippen molar-refractivity contribution in [3.05, 3.63) is 57.1 Å². The molecule has 0 fully saturated rings. The molecule has 0 unspecified atom stereocenters. The van der Waals surface area contributed by atoms with Gasteiger partial charge in [0.15, 0.2) is 6.61 Å². The summed E-state index contributed by atoms with van der Waals surface area (Å²) in [5.74, 6) is 1.19. The Morgan fingerprint density at radius 1 is 1.07 bits per heavy atom. The summed E-state index contributed by atoms with van der Waals surface area (Å²) in [4.78, 5) is 22.8. The average Bonchev–Trinajstić information content (AvgIpc) is 2.71. The topological polar surface area (TPSA) is 99.9 Å². The van der Waals surface area contributed by atoms with Gasteiger partial charge in [-0.3, -0.25) is 14.9 Å². The van der Waals surface area contributed by atoms with Crippen molar-refractivity contribution in [3.63, 3.8) is 0 Å². The maximum Gasteiger partial charge on any atom is 0.311 e. The van der Waals surface area contributed by atoms with Gasteiger partial charge in [0.05, 0.1) is 25.2 Å². The molecular weight excluding hydrogens is 388 g/mol. The summed E-state index contributed by atoms with van der Waals surface area (Å²) in [6, 6.07) is 7.91. The van der Waals surface area contributed by atoms with E-state index in [9.17, 15) is 14.9 Å². The SMILES string of the molecule is COc1cc(C)c([C@H](C)NC(=O)COc2ccc([N+](=O)[O-])c(OC)c2)cc1C(C)C. The molecule has 2 aromatic rings. The third-order valence-corrected chi connectivity index (χ3v) is 4.80. The zero-order valence-corrected chi connectivity index (χ0v) is 18.1. The molecule has 0 spiro atoms. The number of aryl methyl sites for hydroxylation is 1. The van der Waals surface area contributed by atoms with Gasteiger partial charge in [0.2, 0.25) is 5.75 Å². The standard InChI is InChI=1S/C22H28N2O6/c1-13(2)17-11-18(14(3)9-20(17)28-5)15(4)23-22(25)12-30-16-7-8-19(24(26)27)21(10-16)29-6/h7-11,13,15H,12H2,1-6H3,(H,23,25)/t15-/m0/s1. The van der Waals surface area contributed by atoms with Crippen molar-refractivity contribution in [3.8, 4) is 17.2 Å². The molecule has 0 heterocycles. The van der Waals surface area contributed by atoms with E-state index in [1.807, 2.05) is 19.9 Å². The number of hydrogen-bond acceptors (Lipinski definition) is 6. The fourth-order valence-electron chi connectivity index (χ4n) is 3.22. The molecule has 1 atom stereocenters. The van der Waals surface area contributed by atoms with Crippen LogP contribution >= 0.6 is 0 Å². The molecule has 2 aromatic carbocycles. The van der Waals surface area contributed by atoms with Crippen molar-refractivity contribution in [2.24, 2.45) is 0 Å². The Balaban J connectivity index is 2.06. The molecule has 0 bridgehead atoms. The maximum absolute atomic E-state index is 12.4. The van der Waals surface area contributed by atoms with Gasteiger partial charge in [0, 0.05) is 12.1 Å². The first-order chi connectivity index (χ1) is 14.2. The van der Waals surface area contributed by atoms with Crippen molar-refractivity contribution in [2.75, 3.05) is 20.8 Å². The Labute approximate surface area is 176 Å². The van der Waals surface area contributed by atoms with Crippen LogP contribution in [0, 0.1) is 17.0 Å². The van der Waals surface area contributed by atoms with Crippen LogP contribution in [0.5, 0.6) is 17.2 Å². The van der Waals surface area contributed by atoms with E-state index >= 15 is 0 Å². The highest BCUT2D eigenvalue weighted by Crippen LogP contribution is 2.32.